The molecule has 22 heavy (non-hydrogen) atoms. The van der Waals surface area contributed by atoms with Gasteiger partial charge >= 0.3 is 0 Å². The van der Waals surface area contributed by atoms with Gasteiger partial charge in [-0.25, -0.2) is 0 Å². The molecule has 1 heterocycles. The number of furan rings is 1. The molecule has 4 rings (SSSR count). The maximum Gasteiger partial charge on any atom is 0.237 e. The Labute approximate surface area is 126 Å². The van der Waals surface area contributed by atoms with Crippen LogP contribution in [0.1, 0.15) is 31.8 Å². The minimum atomic E-state index is -0.532. The van der Waals surface area contributed by atoms with Crippen LogP contribution in [0.5, 0.6) is 0 Å². The van der Waals surface area contributed by atoms with Crippen molar-refractivity contribution in [2.75, 3.05) is 0 Å². The molecule has 4 nitrogen and oxygen atoms in total. The topological polar surface area (TPSA) is 67.5 Å². The predicted molar refractivity (Wildman–Crippen MR) is 81.0 cm³/mol. The predicted octanol–water partition coefficient (Wildman–Crippen LogP) is 3.28. The van der Waals surface area contributed by atoms with Crippen molar-refractivity contribution in [3.8, 4) is 11.3 Å². The number of aliphatic hydroxyl groups excluding tert-OH is 1. The minimum Gasteiger partial charge on any atom is -0.463 e. The second-order valence-corrected chi connectivity index (χ2v) is 5.44. The third kappa shape index (κ3) is 1.50. The van der Waals surface area contributed by atoms with Crippen LogP contribution in [0.25, 0.3) is 22.1 Å². The molecular formula is C18H12O4. The van der Waals surface area contributed by atoms with Crippen molar-refractivity contribution < 1.29 is 19.1 Å². The molecule has 0 atom stereocenters. The number of aryl methyl sites for hydroxylation is 1. The number of fused-ring (bicyclic) bond motifs is 5. The number of Topliss-reactive ketones (excluding diaryl/α,β-unsaturated/α-hetero) is 2. The Kier molecular flexibility index (Phi) is 2.59. The van der Waals surface area contributed by atoms with Crippen molar-refractivity contribution in [2.24, 2.45) is 0 Å². The van der Waals surface area contributed by atoms with E-state index in [2.05, 4.69) is 0 Å². The quantitative estimate of drug-likeness (QED) is 0.699. The maximum atomic E-state index is 12.6. The number of aliphatic hydroxyl groups is 1. The van der Waals surface area contributed by atoms with Crippen LogP contribution in [0.3, 0.4) is 0 Å². The summed E-state index contributed by atoms with van der Waals surface area (Å²) in [6.07, 6.45) is 1.50. The van der Waals surface area contributed by atoms with Crippen LogP contribution in [0.2, 0.25) is 0 Å². The largest absolute Gasteiger partial charge is 0.463 e. The zero-order valence-electron chi connectivity index (χ0n) is 11.8. The van der Waals surface area contributed by atoms with E-state index in [1.165, 1.54) is 6.26 Å². The Hall–Kier alpha value is -2.72. The van der Waals surface area contributed by atoms with Gasteiger partial charge in [0.05, 0.1) is 18.4 Å². The number of hydrogen-bond acceptors (Lipinski definition) is 4. The molecule has 0 fully saturated rings. The molecule has 0 saturated heterocycles. The molecule has 1 N–H and O–H groups in total. The Bertz CT molecular complexity index is 963. The van der Waals surface area contributed by atoms with Gasteiger partial charge < -0.3 is 9.52 Å². The zero-order chi connectivity index (χ0) is 15.4. The van der Waals surface area contributed by atoms with Crippen LogP contribution in [-0.2, 0) is 6.61 Å². The first-order valence-electron chi connectivity index (χ1n) is 6.96. The number of hydrogen-bond donors (Lipinski definition) is 1. The van der Waals surface area contributed by atoms with Gasteiger partial charge in [0.25, 0.3) is 0 Å². The molecule has 1 aliphatic carbocycles. The fourth-order valence-corrected chi connectivity index (χ4v) is 3.15. The number of ketones is 2. The van der Waals surface area contributed by atoms with E-state index < -0.39 is 11.6 Å². The SMILES string of the molecule is Cc1coc2c1C(=O)C(=O)c1c-2ccc2c(CO)cccc12. The van der Waals surface area contributed by atoms with Gasteiger partial charge in [-0.15, -0.1) is 0 Å². The fourth-order valence-electron chi connectivity index (χ4n) is 3.15. The average Bonchev–Trinajstić information content (AvgIpc) is 2.93. The molecule has 0 amide bonds. The number of carbonyl (C=O) groups is 2. The van der Waals surface area contributed by atoms with Crippen molar-refractivity contribution in [3.05, 3.63) is 58.8 Å². The van der Waals surface area contributed by atoms with E-state index in [1.807, 2.05) is 6.07 Å². The molecule has 0 saturated carbocycles. The second-order valence-electron chi connectivity index (χ2n) is 5.44. The van der Waals surface area contributed by atoms with Gasteiger partial charge in [-0.2, -0.15) is 0 Å². The van der Waals surface area contributed by atoms with E-state index in [1.54, 1.807) is 31.2 Å². The summed E-state index contributed by atoms with van der Waals surface area (Å²) in [7, 11) is 0. The third-order valence-corrected chi connectivity index (χ3v) is 4.20. The van der Waals surface area contributed by atoms with Gasteiger partial charge in [-0.1, -0.05) is 24.3 Å². The molecule has 0 unspecified atom stereocenters. The molecule has 2 aromatic carbocycles. The molecule has 1 aliphatic rings. The standard InChI is InChI=1S/C18H12O4/c1-9-8-22-18-13-6-5-11-10(7-19)3-2-4-12(11)15(13)17(21)16(20)14(9)18/h2-6,8,19H,7H2,1H3. The zero-order valence-corrected chi connectivity index (χ0v) is 11.8. The Balaban J connectivity index is 2.16. The molecular weight excluding hydrogens is 280 g/mol. The number of carbonyl (C=O) groups excluding carboxylic acids is 2. The molecule has 0 bridgehead atoms. The van der Waals surface area contributed by atoms with Gasteiger partial charge in [-0.05, 0) is 34.9 Å². The Morgan fingerprint density at radius 3 is 2.55 bits per heavy atom. The van der Waals surface area contributed by atoms with E-state index in [0.29, 0.717) is 33.4 Å². The van der Waals surface area contributed by atoms with Crippen molar-refractivity contribution in [3.63, 3.8) is 0 Å². The van der Waals surface area contributed by atoms with Crippen LogP contribution in [-0.4, -0.2) is 16.7 Å². The summed E-state index contributed by atoms with van der Waals surface area (Å²) >= 11 is 0. The van der Waals surface area contributed by atoms with Gasteiger partial charge in [0, 0.05) is 11.1 Å². The van der Waals surface area contributed by atoms with E-state index in [9.17, 15) is 14.7 Å². The first-order valence-corrected chi connectivity index (χ1v) is 6.96. The highest BCUT2D eigenvalue weighted by Gasteiger charge is 2.35. The summed E-state index contributed by atoms with van der Waals surface area (Å²) in [5.41, 5.74) is 2.75. The van der Waals surface area contributed by atoms with Crippen molar-refractivity contribution in [2.45, 2.75) is 13.5 Å². The van der Waals surface area contributed by atoms with Gasteiger partial charge in [0.1, 0.15) is 5.76 Å². The van der Waals surface area contributed by atoms with E-state index in [4.69, 9.17) is 4.42 Å². The summed E-state index contributed by atoms with van der Waals surface area (Å²) in [6.45, 7) is 1.63. The molecule has 108 valence electrons. The summed E-state index contributed by atoms with van der Waals surface area (Å²) in [4.78, 5) is 25.0. The molecule has 1 aromatic heterocycles. The lowest BCUT2D eigenvalue weighted by Crippen LogP contribution is -2.21. The van der Waals surface area contributed by atoms with E-state index in [-0.39, 0.29) is 6.61 Å². The third-order valence-electron chi connectivity index (χ3n) is 4.20. The van der Waals surface area contributed by atoms with Crippen LogP contribution in [0.15, 0.2) is 41.0 Å². The molecule has 3 aromatic rings. The van der Waals surface area contributed by atoms with E-state index in [0.717, 1.165) is 10.9 Å². The number of rotatable bonds is 1. The van der Waals surface area contributed by atoms with Crippen LogP contribution >= 0.6 is 0 Å². The van der Waals surface area contributed by atoms with Gasteiger partial charge in [0.2, 0.25) is 11.6 Å². The summed E-state index contributed by atoms with van der Waals surface area (Å²) in [6, 6.07) is 8.99. The van der Waals surface area contributed by atoms with Crippen LogP contribution in [0.4, 0.5) is 0 Å². The van der Waals surface area contributed by atoms with Crippen molar-refractivity contribution >= 4 is 22.3 Å². The summed E-state index contributed by atoms with van der Waals surface area (Å²) in [5, 5.41) is 10.9. The monoisotopic (exact) mass is 292 g/mol. The maximum absolute atomic E-state index is 12.6. The lowest BCUT2D eigenvalue weighted by molar-refractivity contribution is 0.0815. The van der Waals surface area contributed by atoms with Crippen LogP contribution < -0.4 is 0 Å². The van der Waals surface area contributed by atoms with Gasteiger partial charge in [0.15, 0.2) is 0 Å². The molecule has 0 radical (unpaired) electrons. The summed E-state index contributed by atoms with van der Waals surface area (Å²) < 4.78 is 5.51. The first kappa shape index (κ1) is 13.0. The van der Waals surface area contributed by atoms with Crippen molar-refractivity contribution in [1.82, 2.24) is 0 Å². The van der Waals surface area contributed by atoms with Crippen LogP contribution in [0, 0.1) is 6.92 Å². The second kappa shape index (κ2) is 4.39. The highest BCUT2D eigenvalue weighted by atomic mass is 16.3. The lowest BCUT2D eigenvalue weighted by Gasteiger charge is -2.17. The average molecular weight is 292 g/mol. The smallest absolute Gasteiger partial charge is 0.237 e. The highest BCUT2D eigenvalue weighted by molar-refractivity contribution is 6.54. The number of benzene rings is 2. The summed E-state index contributed by atoms with van der Waals surface area (Å²) in [5.74, 6) is -0.600. The van der Waals surface area contributed by atoms with Gasteiger partial charge in [-0.3, -0.25) is 9.59 Å². The first-order chi connectivity index (χ1) is 10.6. The van der Waals surface area contributed by atoms with Crippen molar-refractivity contribution in [1.29, 1.82) is 0 Å². The molecule has 0 spiro atoms. The fraction of sp³-hybridized carbons (Fsp3) is 0.111. The minimum absolute atomic E-state index is 0.122. The highest BCUT2D eigenvalue weighted by Crippen LogP contribution is 2.40. The lowest BCUT2D eigenvalue weighted by atomic mass is 9.83. The van der Waals surface area contributed by atoms with E-state index >= 15 is 0 Å². The normalized spacial score (nSPS) is 13.4. The Morgan fingerprint density at radius 2 is 1.77 bits per heavy atom. The molecule has 0 aliphatic heterocycles. The Morgan fingerprint density at radius 1 is 1.00 bits per heavy atom. The molecule has 4 heteroatoms.